The second-order valence-corrected chi connectivity index (χ2v) is 7.10. The molecule has 7 N–H and O–H groups in total. The Labute approximate surface area is 164 Å². The highest BCUT2D eigenvalue weighted by atomic mass is 16.7. The van der Waals surface area contributed by atoms with Crippen molar-refractivity contribution in [2.45, 2.75) is 62.2 Å². The van der Waals surface area contributed by atoms with Gasteiger partial charge in [0.2, 0.25) is 0 Å². The van der Waals surface area contributed by atoms with E-state index in [1.54, 1.807) is 6.92 Å². The molecule has 13 heteroatoms. The smallest absolute Gasteiger partial charge is 0.187 e. The average molecular weight is 413 g/mol. The maximum absolute atomic E-state index is 10.5. The number of aliphatic hydroxyl groups excluding tert-OH is 5. The fourth-order valence-electron chi connectivity index (χ4n) is 3.63. The zero-order valence-corrected chi connectivity index (χ0v) is 15.4. The van der Waals surface area contributed by atoms with Crippen molar-refractivity contribution in [3.8, 4) is 0 Å². The summed E-state index contributed by atoms with van der Waals surface area (Å²) in [5.41, 5.74) is 6.42. The zero-order chi connectivity index (χ0) is 20.9. The van der Waals surface area contributed by atoms with Crippen molar-refractivity contribution >= 4 is 17.0 Å². The van der Waals surface area contributed by atoms with E-state index in [9.17, 15) is 20.4 Å². The number of hydrogen-bond donors (Lipinski definition) is 6. The summed E-state index contributed by atoms with van der Waals surface area (Å²) in [4.78, 5) is 12.1. The minimum absolute atomic E-state index is 0.166. The Bertz CT molecular complexity index is 867. The van der Waals surface area contributed by atoms with Gasteiger partial charge in [-0.15, -0.1) is 0 Å². The molecule has 2 aliphatic rings. The summed E-state index contributed by atoms with van der Waals surface area (Å²) >= 11 is 0. The average Bonchev–Trinajstić information content (AvgIpc) is 3.34. The summed E-state index contributed by atoms with van der Waals surface area (Å²) in [6, 6.07) is 0. The van der Waals surface area contributed by atoms with Gasteiger partial charge < -0.3 is 45.5 Å². The summed E-state index contributed by atoms with van der Waals surface area (Å²) in [6.07, 6.45) is -7.81. The van der Waals surface area contributed by atoms with Crippen LogP contribution in [-0.4, -0.2) is 101 Å². The number of nitrogen functional groups attached to an aromatic ring is 1. The number of ether oxygens (including phenoxy) is 3. The Morgan fingerprint density at radius 3 is 2.55 bits per heavy atom. The van der Waals surface area contributed by atoms with E-state index in [1.807, 2.05) is 0 Å². The fraction of sp³-hybridized carbons (Fsp3) is 0.688. The second-order valence-electron chi connectivity index (χ2n) is 7.10. The van der Waals surface area contributed by atoms with Gasteiger partial charge in [-0.25, -0.2) is 15.0 Å². The van der Waals surface area contributed by atoms with E-state index in [1.165, 1.54) is 17.2 Å². The van der Waals surface area contributed by atoms with Crippen LogP contribution < -0.4 is 5.73 Å². The third kappa shape index (κ3) is 3.35. The number of rotatable bonds is 5. The van der Waals surface area contributed by atoms with Crippen molar-refractivity contribution in [2.75, 3.05) is 12.3 Å². The number of nitrogens with two attached hydrogens (primary N) is 1. The van der Waals surface area contributed by atoms with E-state index < -0.39 is 61.9 Å². The van der Waals surface area contributed by atoms with E-state index in [2.05, 4.69) is 15.0 Å². The molecule has 2 unspecified atom stereocenters. The number of imidazole rings is 1. The largest absolute Gasteiger partial charge is 0.394 e. The van der Waals surface area contributed by atoms with Crippen LogP contribution in [0.2, 0.25) is 0 Å². The van der Waals surface area contributed by atoms with E-state index in [0.29, 0.717) is 11.2 Å². The summed E-state index contributed by atoms with van der Waals surface area (Å²) in [5, 5.41) is 50.0. The predicted octanol–water partition coefficient (Wildman–Crippen LogP) is -3.13. The van der Waals surface area contributed by atoms with E-state index in [-0.39, 0.29) is 5.82 Å². The van der Waals surface area contributed by atoms with Crippen molar-refractivity contribution in [1.29, 1.82) is 0 Å². The number of aromatic nitrogens is 4. The normalized spacial score (nSPS) is 38.7. The number of hydrogen-bond acceptors (Lipinski definition) is 12. The van der Waals surface area contributed by atoms with Gasteiger partial charge in [-0.3, -0.25) is 4.57 Å². The molecule has 0 saturated carbocycles. The number of nitrogens with zero attached hydrogens (tertiary/aromatic N) is 4. The van der Waals surface area contributed by atoms with Gasteiger partial charge in [0.1, 0.15) is 48.5 Å². The molecule has 0 bridgehead atoms. The molecule has 2 saturated heterocycles. The van der Waals surface area contributed by atoms with Gasteiger partial charge in [-0.1, -0.05) is 0 Å². The molecule has 2 aliphatic heterocycles. The van der Waals surface area contributed by atoms with Crippen molar-refractivity contribution in [3.05, 3.63) is 12.7 Å². The van der Waals surface area contributed by atoms with E-state index in [0.717, 1.165) is 0 Å². The molecule has 0 aromatic carbocycles. The van der Waals surface area contributed by atoms with Gasteiger partial charge in [0.15, 0.2) is 24.0 Å². The molecular weight excluding hydrogens is 390 g/mol. The number of aliphatic hydroxyl groups is 5. The first-order valence-corrected chi connectivity index (χ1v) is 9.06. The molecule has 4 rings (SSSR count). The molecule has 0 aliphatic carbocycles. The first kappa shape index (κ1) is 20.3. The molecular formula is C16H23N5O8. The van der Waals surface area contributed by atoms with Gasteiger partial charge >= 0.3 is 0 Å². The Hall–Kier alpha value is -1.97. The van der Waals surface area contributed by atoms with E-state index in [4.69, 9.17) is 25.1 Å². The Kier molecular flexibility index (Phi) is 5.39. The fourth-order valence-corrected chi connectivity index (χ4v) is 3.63. The van der Waals surface area contributed by atoms with Crippen molar-refractivity contribution in [2.24, 2.45) is 0 Å². The molecule has 4 heterocycles. The minimum Gasteiger partial charge on any atom is -0.394 e. The van der Waals surface area contributed by atoms with Crippen molar-refractivity contribution in [1.82, 2.24) is 19.5 Å². The highest BCUT2D eigenvalue weighted by molar-refractivity contribution is 5.81. The predicted molar refractivity (Wildman–Crippen MR) is 94.0 cm³/mol. The standard InChI is InChI=1S/C16H23N5O8/c1-5(27-16-11(26)8(23)6(2-22)28-16)12-9(24)10(25)15(29-12)21-4-20-7-13(17)18-3-19-14(7)21/h3-6,8-12,15-16,22-26H,2H2,1H3,(H2,17,18,19)/t5?,6-,8-,9+,10-,11-,12-,15-,16?/m1/s1. The first-order chi connectivity index (χ1) is 13.8. The van der Waals surface area contributed by atoms with Gasteiger partial charge in [0, 0.05) is 0 Å². The molecule has 0 amide bonds. The molecule has 9 atom stereocenters. The highest BCUT2D eigenvalue weighted by Crippen LogP contribution is 2.35. The second kappa shape index (κ2) is 7.70. The maximum Gasteiger partial charge on any atom is 0.187 e. The van der Waals surface area contributed by atoms with Crippen LogP contribution in [-0.2, 0) is 14.2 Å². The first-order valence-electron chi connectivity index (χ1n) is 9.06. The number of fused-ring (bicyclic) bond motifs is 1. The Balaban J connectivity index is 1.50. The quantitative estimate of drug-likeness (QED) is 0.288. The molecule has 2 fully saturated rings. The lowest BCUT2D eigenvalue weighted by molar-refractivity contribution is -0.218. The molecule has 160 valence electrons. The lowest BCUT2D eigenvalue weighted by atomic mass is 10.1. The van der Waals surface area contributed by atoms with Crippen LogP contribution in [0.3, 0.4) is 0 Å². The SMILES string of the molecule is CC(OC1O[C@H](CO)[C@@H](O)[C@H]1O)[C@H]1O[C@@H](n2cnc3c(N)ncnc32)[C@H](O)[C@@H]1O. The van der Waals surface area contributed by atoms with Gasteiger partial charge in [0.25, 0.3) is 0 Å². The van der Waals surface area contributed by atoms with Crippen LogP contribution in [0.4, 0.5) is 5.82 Å². The lowest BCUT2D eigenvalue weighted by Crippen LogP contribution is -2.42. The van der Waals surface area contributed by atoms with Crippen LogP contribution in [0.15, 0.2) is 12.7 Å². The highest BCUT2D eigenvalue weighted by Gasteiger charge is 2.49. The molecule has 2 aromatic rings. The topological polar surface area (TPSA) is 198 Å². The summed E-state index contributed by atoms with van der Waals surface area (Å²) in [7, 11) is 0. The zero-order valence-electron chi connectivity index (χ0n) is 15.4. The maximum atomic E-state index is 10.5. The summed E-state index contributed by atoms with van der Waals surface area (Å²) in [6.45, 7) is 1.07. The van der Waals surface area contributed by atoms with Crippen LogP contribution in [0, 0.1) is 0 Å². The summed E-state index contributed by atoms with van der Waals surface area (Å²) < 4.78 is 18.1. The molecule has 13 nitrogen and oxygen atoms in total. The van der Waals surface area contributed by atoms with Crippen molar-refractivity contribution < 1.29 is 39.7 Å². The van der Waals surface area contributed by atoms with Gasteiger partial charge in [-0.05, 0) is 6.92 Å². The molecule has 0 radical (unpaired) electrons. The van der Waals surface area contributed by atoms with E-state index >= 15 is 0 Å². The summed E-state index contributed by atoms with van der Waals surface area (Å²) in [5.74, 6) is 0.166. The lowest BCUT2D eigenvalue weighted by Gasteiger charge is -2.26. The monoisotopic (exact) mass is 413 g/mol. The Morgan fingerprint density at radius 1 is 1.10 bits per heavy atom. The van der Waals surface area contributed by atoms with Crippen molar-refractivity contribution in [3.63, 3.8) is 0 Å². The third-order valence-electron chi connectivity index (χ3n) is 5.25. The Morgan fingerprint density at radius 2 is 1.86 bits per heavy atom. The van der Waals surface area contributed by atoms with Gasteiger partial charge in [-0.2, -0.15) is 0 Å². The minimum atomic E-state index is -1.38. The molecule has 29 heavy (non-hydrogen) atoms. The third-order valence-corrected chi connectivity index (χ3v) is 5.25. The van der Waals surface area contributed by atoms with Crippen LogP contribution >= 0.6 is 0 Å². The van der Waals surface area contributed by atoms with Crippen LogP contribution in [0.25, 0.3) is 11.2 Å². The van der Waals surface area contributed by atoms with Gasteiger partial charge in [0.05, 0.1) is 19.0 Å². The molecule has 2 aromatic heterocycles. The van der Waals surface area contributed by atoms with Crippen LogP contribution in [0.1, 0.15) is 13.2 Å². The van der Waals surface area contributed by atoms with Crippen LogP contribution in [0.5, 0.6) is 0 Å². The number of anilines is 1. The molecule has 0 spiro atoms.